The normalized spacial score (nSPS) is 21.2. The van der Waals surface area contributed by atoms with Crippen molar-refractivity contribution in [2.45, 2.75) is 56.5 Å². The Morgan fingerprint density at radius 3 is 2.03 bits per heavy atom. The molecule has 1 fully saturated rings. The highest BCUT2D eigenvalue weighted by Gasteiger charge is 2.38. The number of aliphatic carboxylic acids is 1. The molecule has 0 radical (unpaired) electrons. The number of hydrogen-bond acceptors (Lipinski definition) is 4. The maximum Gasteiger partial charge on any atom is 0.490 e. The van der Waals surface area contributed by atoms with Crippen LogP contribution in [0.1, 0.15) is 55.3 Å². The Labute approximate surface area is 185 Å². The Morgan fingerprint density at radius 1 is 0.969 bits per heavy atom. The molecule has 1 heterocycles. The third-order valence-corrected chi connectivity index (χ3v) is 5.48. The molecule has 1 saturated carbocycles. The Kier molecular flexibility index (Phi) is 8.27. The van der Waals surface area contributed by atoms with Crippen LogP contribution in [0.2, 0.25) is 0 Å². The van der Waals surface area contributed by atoms with Gasteiger partial charge in [-0.1, -0.05) is 79.9 Å². The van der Waals surface area contributed by atoms with Crippen LogP contribution in [0.3, 0.4) is 0 Å². The van der Waals surface area contributed by atoms with Crippen molar-refractivity contribution >= 4 is 11.8 Å². The number of ether oxygens (including phenoxy) is 1. The fourth-order valence-electron chi connectivity index (χ4n) is 3.89. The first-order valence-electron chi connectivity index (χ1n) is 10.7. The minimum absolute atomic E-state index is 0.105. The lowest BCUT2D eigenvalue weighted by Crippen LogP contribution is -2.30. The van der Waals surface area contributed by atoms with E-state index in [1.54, 1.807) is 0 Å². The van der Waals surface area contributed by atoms with Gasteiger partial charge in [0, 0.05) is 0 Å². The predicted molar refractivity (Wildman–Crippen MR) is 115 cm³/mol. The molecule has 8 heteroatoms. The molecule has 32 heavy (non-hydrogen) atoms. The van der Waals surface area contributed by atoms with Crippen molar-refractivity contribution in [1.82, 2.24) is 5.32 Å². The van der Waals surface area contributed by atoms with Gasteiger partial charge in [-0.25, -0.2) is 4.79 Å². The Hall–Kier alpha value is -2.87. The highest BCUT2D eigenvalue weighted by Crippen LogP contribution is 2.36. The SMILES string of the molecule is O=C(O)C(F)(F)F.c1ccc([C@H]2N=C(COC3CCCCC3)N[C@H]2c2ccccc2)cc1. The van der Waals surface area contributed by atoms with Crippen molar-refractivity contribution in [2.75, 3.05) is 6.61 Å². The van der Waals surface area contributed by atoms with E-state index in [0.717, 1.165) is 5.84 Å². The van der Waals surface area contributed by atoms with E-state index in [1.165, 1.54) is 43.2 Å². The first-order chi connectivity index (χ1) is 15.3. The van der Waals surface area contributed by atoms with Crippen LogP contribution in [0.25, 0.3) is 0 Å². The summed E-state index contributed by atoms with van der Waals surface area (Å²) in [6.45, 7) is 0.595. The van der Waals surface area contributed by atoms with Gasteiger partial charge in [-0.2, -0.15) is 13.2 Å². The molecule has 2 aliphatic rings. The molecular weight excluding hydrogens is 421 g/mol. The zero-order valence-corrected chi connectivity index (χ0v) is 17.6. The van der Waals surface area contributed by atoms with Gasteiger partial charge in [-0.3, -0.25) is 4.99 Å². The van der Waals surface area contributed by atoms with Crippen LogP contribution in [-0.2, 0) is 9.53 Å². The second-order valence-electron chi connectivity index (χ2n) is 7.84. The molecule has 2 aromatic carbocycles. The van der Waals surface area contributed by atoms with E-state index < -0.39 is 12.1 Å². The van der Waals surface area contributed by atoms with Crippen LogP contribution in [0.15, 0.2) is 65.7 Å². The average molecular weight is 448 g/mol. The van der Waals surface area contributed by atoms with Crippen molar-refractivity contribution in [3.05, 3.63) is 71.8 Å². The van der Waals surface area contributed by atoms with Gasteiger partial charge in [0.1, 0.15) is 18.5 Å². The Balaban J connectivity index is 0.000000360. The number of rotatable bonds is 5. The highest BCUT2D eigenvalue weighted by atomic mass is 19.4. The number of aliphatic imine (C=N–C) groups is 1. The van der Waals surface area contributed by atoms with E-state index in [-0.39, 0.29) is 12.1 Å². The van der Waals surface area contributed by atoms with Gasteiger partial charge in [0.15, 0.2) is 0 Å². The zero-order valence-electron chi connectivity index (χ0n) is 17.6. The molecule has 0 bridgehead atoms. The molecule has 1 aliphatic heterocycles. The number of carboxylic acids is 1. The van der Waals surface area contributed by atoms with E-state index in [4.69, 9.17) is 19.6 Å². The minimum atomic E-state index is -5.08. The third-order valence-electron chi connectivity index (χ3n) is 5.48. The Bertz CT molecular complexity index is 882. The largest absolute Gasteiger partial charge is 0.490 e. The molecule has 0 amide bonds. The number of benzene rings is 2. The van der Waals surface area contributed by atoms with E-state index in [1.807, 2.05) is 0 Å². The molecule has 0 aromatic heterocycles. The van der Waals surface area contributed by atoms with Crippen molar-refractivity contribution in [3.8, 4) is 0 Å². The summed E-state index contributed by atoms with van der Waals surface area (Å²) in [6, 6.07) is 21.4. The van der Waals surface area contributed by atoms with Crippen LogP contribution in [0.5, 0.6) is 0 Å². The lowest BCUT2D eigenvalue weighted by Gasteiger charge is -2.22. The molecule has 172 valence electrons. The van der Waals surface area contributed by atoms with E-state index in [9.17, 15) is 13.2 Å². The summed E-state index contributed by atoms with van der Waals surface area (Å²) in [7, 11) is 0. The molecular formula is C24H27F3N2O3. The van der Waals surface area contributed by atoms with E-state index >= 15 is 0 Å². The molecule has 5 nitrogen and oxygen atoms in total. The van der Waals surface area contributed by atoms with Crippen LogP contribution in [0, 0.1) is 0 Å². The summed E-state index contributed by atoms with van der Waals surface area (Å²) in [5.74, 6) is -1.78. The van der Waals surface area contributed by atoms with Crippen molar-refractivity contribution in [2.24, 2.45) is 4.99 Å². The summed E-state index contributed by atoms with van der Waals surface area (Å²) < 4.78 is 37.9. The number of alkyl halides is 3. The minimum Gasteiger partial charge on any atom is -0.475 e. The number of carbonyl (C=O) groups is 1. The number of carboxylic acid groups (broad SMARTS) is 1. The number of amidine groups is 1. The fourth-order valence-corrected chi connectivity index (χ4v) is 3.89. The monoisotopic (exact) mass is 448 g/mol. The van der Waals surface area contributed by atoms with Crippen molar-refractivity contribution < 1.29 is 27.8 Å². The fraction of sp³-hybridized carbons (Fsp3) is 0.417. The lowest BCUT2D eigenvalue weighted by atomic mass is 9.95. The molecule has 1 aliphatic carbocycles. The second-order valence-corrected chi connectivity index (χ2v) is 7.84. The van der Waals surface area contributed by atoms with Gasteiger partial charge in [-0.05, 0) is 24.0 Å². The second kappa shape index (κ2) is 11.1. The molecule has 2 aromatic rings. The summed E-state index contributed by atoms with van der Waals surface area (Å²) in [5.41, 5.74) is 2.52. The number of nitrogens with zero attached hydrogens (tertiary/aromatic N) is 1. The van der Waals surface area contributed by atoms with Gasteiger partial charge in [-0.15, -0.1) is 0 Å². The molecule has 2 atom stereocenters. The summed E-state index contributed by atoms with van der Waals surface area (Å²) in [5, 5.41) is 10.7. The average Bonchev–Trinajstić information content (AvgIpc) is 3.24. The van der Waals surface area contributed by atoms with Crippen LogP contribution in [0.4, 0.5) is 13.2 Å². The topological polar surface area (TPSA) is 70.9 Å². The predicted octanol–water partition coefficient (Wildman–Crippen LogP) is 5.45. The smallest absolute Gasteiger partial charge is 0.475 e. The Morgan fingerprint density at radius 2 is 1.50 bits per heavy atom. The molecule has 4 rings (SSSR count). The zero-order chi connectivity index (χ0) is 23.0. The quantitative estimate of drug-likeness (QED) is 0.638. The maximum atomic E-state index is 10.6. The van der Waals surface area contributed by atoms with Gasteiger partial charge in [0.25, 0.3) is 0 Å². The third kappa shape index (κ3) is 6.82. The summed E-state index contributed by atoms with van der Waals surface area (Å²) in [6.07, 6.45) is 1.65. The molecule has 0 unspecified atom stereocenters. The highest BCUT2D eigenvalue weighted by molar-refractivity contribution is 5.86. The molecule has 2 N–H and O–H groups in total. The first-order valence-corrected chi connectivity index (χ1v) is 10.7. The number of halogens is 3. The lowest BCUT2D eigenvalue weighted by molar-refractivity contribution is -0.192. The van der Waals surface area contributed by atoms with Gasteiger partial charge in [0.05, 0.1) is 12.1 Å². The molecule has 0 spiro atoms. The number of hydrogen-bond donors (Lipinski definition) is 2. The van der Waals surface area contributed by atoms with Gasteiger partial charge in [0.2, 0.25) is 0 Å². The number of nitrogens with one attached hydrogen (secondary N) is 1. The van der Waals surface area contributed by atoms with E-state index in [0.29, 0.717) is 12.7 Å². The van der Waals surface area contributed by atoms with Gasteiger partial charge < -0.3 is 15.2 Å². The maximum absolute atomic E-state index is 10.6. The molecule has 0 saturated heterocycles. The standard InChI is InChI=1S/C22H26N2O.C2HF3O2/c1-4-10-17(11-5-1)21-22(18-12-6-2-7-13-18)24-20(23-21)16-25-19-14-8-3-9-15-19;3-2(4,5)1(6)7/h1-2,4-7,10-13,19,21-22H,3,8-9,14-16H2,(H,23,24);(H,6,7)/t21-,22+;. The van der Waals surface area contributed by atoms with Crippen molar-refractivity contribution in [1.29, 1.82) is 0 Å². The summed E-state index contributed by atoms with van der Waals surface area (Å²) in [4.78, 5) is 13.9. The van der Waals surface area contributed by atoms with Crippen molar-refractivity contribution in [3.63, 3.8) is 0 Å². The van der Waals surface area contributed by atoms with Crippen LogP contribution < -0.4 is 5.32 Å². The van der Waals surface area contributed by atoms with Gasteiger partial charge >= 0.3 is 12.1 Å². The van der Waals surface area contributed by atoms with Crippen LogP contribution >= 0.6 is 0 Å². The summed E-state index contributed by atoms with van der Waals surface area (Å²) >= 11 is 0. The first kappa shape index (κ1) is 23.8. The van der Waals surface area contributed by atoms with E-state index in [2.05, 4.69) is 66.0 Å². The van der Waals surface area contributed by atoms with Crippen LogP contribution in [-0.4, -0.2) is 35.8 Å².